The Morgan fingerprint density at radius 3 is 2.28 bits per heavy atom. The van der Waals surface area contributed by atoms with Crippen LogP contribution in [0.1, 0.15) is 24.0 Å². The second kappa shape index (κ2) is 10.8. The second-order valence-electron chi connectivity index (χ2n) is 7.74. The zero-order chi connectivity index (χ0) is 20.6. The number of hydrogen-bond acceptors (Lipinski definition) is 3. The molecule has 0 spiro atoms. The molecule has 1 heterocycles. The van der Waals surface area contributed by atoms with Crippen LogP contribution in [0.25, 0.3) is 0 Å². The molecular formula is C23H29F3N2O. The van der Waals surface area contributed by atoms with Crippen LogP contribution in [-0.4, -0.2) is 49.7 Å². The smallest absolute Gasteiger partial charge is 0.130 e. The fourth-order valence-corrected chi connectivity index (χ4v) is 3.92. The Morgan fingerprint density at radius 1 is 0.966 bits per heavy atom. The summed E-state index contributed by atoms with van der Waals surface area (Å²) in [6.45, 7) is 4.55. The maximum absolute atomic E-state index is 14.1. The number of hydrogen-bond donors (Lipinski definition) is 0. The molecule has 0 bridgehead atoms. The minimum absolute atomic E-state index is 0.112. The highest BCUT2D eigenvalue weighted by atomic mass is 19.1. The van der Waals surface area contributed by atoms with E-state index in [0.717, 1.165) is 38.0 Å². The molecule has 2 aromatic rings. The van der Waals surface area contributed by atoms with Crippen molar-refractivity contribution in [3.05, 3.63) is 71.0 Å². The van der Waals surface area contributed by atoms with E-state index in [1.807, 2.05) is 12.1 Å². The molecule has 0 radical (unpaired) electrons. The van der Waals surface area contributed by atoms with Gasteiger partial charge in [-0.3, -0.25) is 9.80 Å². The normalized spacial score (nSPS) is 15.9. The molecule has 0 aliphatic carbocycles. The molecule has 3 rings (SSSR count). The Balaban J connectivity index is 1.55. The first-order chi connectivity index (χ1) is 14.1. The van der Waals surface area contributed by atoms with Gasteiger partial charge in [0.05, 0.1) is 6.61 Å². The maximum atomic E-state index is 14.1. The van der Waals surface area contributed by atoms with E-state index in [2.05, 4.69) is 9.80 Å². The van der Waals surface area contributed by atoms with E-state index in [4.69, 9.17) is 4.74 Å². The summed E-state index contributed by atoms with van der Waals surface area (Å²) in [6.07, 6.45) is 1.97. The number of piperidine rings is 1. The average Bonchev–Trinajstić information content (AvgIpc) is 2.72. The Kier molecular flexibility index (Phi) is 8.09. The molecule has 1 aliphatic heterocycles. The van der Waals surface area contributed by atoms with Crippen LogP contribution in [0.2, 0.25) is 0 Å². The lowest BCUT2D eigenvalue weighted by molar-refractivity contribution is 0.105. The van der Waals surface area contributed by atoms with E-state index in [-0.39, 0.29) is 17.9 Å². The van der Waals surface area contributed by atoms with E-state index in [1.54, 1.807) is 13.2 Å². The Morgan fingerprint density at radius 2 is 1.62 bits per heavy atom. The van der Waals surface area contributed by atoms with E-state index < -0.39 is 11.6 Å². The van der Waals surface area contributed by atoms with E-state index in [9.17, 15) is 13.2 Å². The third-order valence-corrected chi connectivity index (χ3v) is 5.63. The van der Waals surface area contributed by atoms with Crippen molar-refractivity contribution in [3.8, 4) is 0 Å². The van der Waals surface area contributed by atoms with Crippen molar-refractivity contribution in [2.75, 3.05) is 39.9 Å². The van der Waals surface area contributed by atoms with Crippen LogP contribution in [-0.2, 0) is 17.8 Å². The van der Waals surface area contributed by atoms with Crippen LogP contribution >= 0.6 is 0 Å². The standard InChI is InChI=1S/C23H29F3N2O/c1-29-14-13-28(17-20-22(25)7-4-8-23(20)26)15-18-9-11-27(12-10-18)16-19-5-2-3-6-21(19)24/h2-8,18H,9-17H2,1H3. The summed E-state index contributed by atoms with van der Waals surface area (Å²) in [5, 5.41) is 0. The second-order valence-corrected chi connectivity index (χ2v) is 7.74. The molecular weight excluding hydrogens is 377 g/mol. The molecule has 158 valence electrons. The van der Waals surface area contributed by atoms with Gasteiger partial charge in [0, 0.05) is 44.4 Å². The van der Waals surface area contributed by atoms with Crippen molar-refractivity contribution >= 4 is 0 Å². The van der Waals surface area contributed by atoms with Crippen LogP contribution in [0.15, 0.2) is 42.5 Å². The topological polar surface area (TPSA) is 15.7 Å². The van der Waals surface area contributed by atoms with Crippen molar-refractivity contribution in [2.24, 2.45) is 5.92 Å². The fourth-order valence-electron chi connectivity index (χ4n) is 3.92. The molecule has 0 atom stereocenters. The van der Waals surface area contributed by atoms with Gasteiger partial charge in [0.25, 0.3) is 0 Å². The van der Waals surface area contributed by atoms with Crippen molar-refractivity contribution in [2.45, 2.75) is 25.9 Å². The molecule has 0 amide bonds. The van der Waals surface area contributed by atoms with Gasteiger partial charge in [-0.05, 0) is 50.0 Å². The van der Waals surface area contributed by atoms with Gasteiger partial charge in [-0.25, -0.2) is 13.2 Å². The minimum Gasteiger partial charge on any atom is -0.383 e. The maximum Gasteiger partial charge on any atom is 0.130 e. The zero-order valence-corrected chi connectivity index (χ0v) is 16.9. The van der Waals surface area contributed by atoms with Gasteiger partial charge < -0.3 is 4.74 Å². The minimum atomic E-state index is -0.507. The molecule has 3 nitrogen and oxygen atoms in total. The first kappa shape index (κ1) is 21.8. The van der Waals surface area contributed by atoms with Crippen LogP contribution in [0.5, 0.6) is 0 Å². The summed E-state index contributed by atoms with van der Waals surface area (Å²) < 4.78 is 47.2. The monoisotopic (exact) mass is 406 g/mol. The summed E-state index contributed by atoms with van der Waals surface area (Å²) >= 11 is 0. The van der Waals surface area contributed by atoms with Crippen LogP contribution in [0.3, 0.4) is 0 Å². The third-order valence-electron chi connectivity index (χ3n) is 5.63. The van der Waals surface area contributed by atoms with Gasteiger partial charge >= 0.3 is 0 Å². The molecule has 29 heavy (non-hydrogen) atoms. The molecule has 0 aromatic heterocycles. The van der Waals surface area contributed by atoms with Crippen molar-refractivity contribution < 1.29 is 17.9 Å². The summed E-state index contributed by atoms with van der Waals surface area (Å²) in [5.41, 5.74) is 0.836. The van der Waals surface area contributed by atoms with E-state index >= 15 is 0 Å². The van der Waals surface area contributed by atoms with Gasteiger partial charge in [-0.15, -0.1) is 0 Å². The lowest BCUT2D eigenvalue weighted by Crippen LogP contribution is -2.39. The summed E-state index contributed by atoms with van der Waals surface area (Å²) in [7, 11) is 1.63. The Bertz CT molecular complexity index is 758. The molecule has 2 aromatic carbocycles. The first-order valence-corrected chi connectivity index (χ1v) is 10.2. The predicted molar refractivity (Wildman–Crippen MR) is 108 cm³/mol. The molecule has 0 N–H and O–H groups in total. The number of benzene rings is 2. The van der Waals surface area contributed by atoms with Gasteiger partial charge in [-0.2, -0.15) is 0 Å². The summed E-state index contributed by atoms with van der Waals surface area (Å²) in [4.78, 5) is 4.34. The number of nitrogens with zero attached hydrogens (tertiary/aromatic N) is 2. The molecule has 1 aliphatic rings. The van der Waals surface area contributed by atoms with E-state index in [0.29, 0.717) is 25.6 Å². The highest BCUT2D eigenvalue weighted by Crippen LogP contribution is 2.23. The number of halogens is 3. The third kappa shape index (κ3) is 6.29. The van der Waals surface area contributed by atoms with Crippen molar-refractivity contribution in [1.82, 2.24) is 9.80 Å². The fraction of sp³-hybridized carbons (Fsp3) is 0.478. The molecule has 1 fully saturated rings. The Labute approximate surface area is 171 Å². The van der Waals surface area contributed by atoms with Crippen molar-refractivity contribution in [1.29, 1.82) is 0 Å². The quantitative estimate of drug-likeness (QED) is 0.611. The van der Waals surface area contributed by atoms with Crippen molar-refractivity contribution in [3.63, 3.8) is 0 Å². The first-order valence-electron chi connectivity index (χ1n) is 10.2. The lowest BCUT2D eigenvalue weighted by atomic mass is 9.95. The largest absolute Gasteiger partial charge is 0.383 e. The van der Waals surface area contributed by atoms with E-state index in [1.165, 1.54) is 24.3 Å². The zero-order valence-electron chi connectivity index (χ0n) is 16.9. The lowest BCUT2D eigenvalue weighted by Gasteiger charge is -2.35. The number of likely N-dealkylation sites (tertiary alicyclic amines) is 1. The van der Waals surface area contributed by atoms with Gasteiger partial charge in [0.1, 0.15) is 17.5 Å². The number of ether oxygens (including phenoxy) is 1. The highest BCUT2D eigenvalue weighted by Gasteiger charge is 2.23. The number of methoxy groups -OCH3 is 1. The highest BCUT2D eigenvalue weighted by molar-refractivity contribution is 5.19. The summed E-state index contributed by atoms with van der Waals surface area (Å²) in [5.74, 6) is -0.731. The number of rotatable bonds is 9. The van der Waals surface area contributed by atoms with Gasteiger partial charge in [0.2, 0.25) is 0 Å². The molecule has 0 saturated carbocycles. The SMILES string of the molecule is COCCN(Cc1c(F)cccc1F)CC1CCN(Cc2ccccc2F)CC1. The Hall–Kier alpha value is -1.89. The van der Waals surface area contributed by atoms with Gasteiger partial charge in [-0.1, -0.05) is 24.3 Å². The summed E-state index contributed by atoms with van der Waals surface area (Å²) in [6, 6.07) is 10.9. The molecule has 1 saturated heterocycles. The average molecular weight is 406 g/mol. The van der Waals surface area contributed by atoms with Gasteiger partial charge in [0.15, 0.2) is 0 Å². The molecule has 6 heteroatoms. The van der Waals surface area contributed by atoms with Crippen LogP contribution < -0.4 is 0 Å². The van der Waals surface area contributed by atoms with Crippen LogP contribution in [0.4, 0.5) is 13.2 Å². The predicted octanol–water partition coefficient (Wildman–Crippen LogP) is 4.46. The van der Waals surface area contributed by atoms with Crippen LogP contribution in [0, 0.1) is 23.4 Å². The molecule has 0 unspecified atom stereocenters.